The van der Waals surface area contributed by atoms with Crippen LogP contribution in [-0.4, -0.2) is 11.4 Å². The van der Waals surface area contributed by atoms with Gasteiger partial charge in [-0.05, 0) is 0 Å². The van der Waals surface area contributed by atoms with Crippen molar-refractivity contribution in [3.05, 3.63) is 25.4 Å². The largest absolute Gasteiger partial charge is 0.232 e. The first-order valence-corrected chi connectivity index (χ1v) is 2.78. The van der Waals surface area contributed by atoms with E-state index in [1.165, 1.54) is 12.4 Å². The first kappa shape index (κ1) is 8.17. The van der Waals surface area contributed by atoms with Crippen LogP contribution in [0.3, 0.4) is 0 Å². The minimum absolute atomic E-state index is 0.380. The van der Waals surface area contributed by atoms with Gasteiger partial charge in [0, 0.05) is 12.4 Å². The molecule has 0 aromatic rings. The average molecular weight is 140 g/mol. The minimum atomic E-state index is 0.380. The highest BCUT2D eigenvalue weighted by atomic mass is 32.1. The van der Waals surface area contributed by atoms with E-state index in [0.717, 1.165) is 0 Å². The Morgan fingerprint density at radius 1 is 1.44 bits per heavy atom. The molecule has 0 heterocycles. The number of amidine groups is 1. The molecule has 0 saturated heterocycles. The van der Waals surface area contributed by atoms with Gasteiger partial charge < -0.3 is 0 Å². The normalized spacial score (nSPS) is 11.9. The molecule has 0 N–H and O–H groups in total. The second-order valence-corrected chi connectivity index (χ2v) is 1.53. The van der Waals surface area contributed by atoms with Gasteiger partial charge in [-0.25, -0.2) is 9.98 Å². The van der Waals surface area contributed by atoms with Gasteiger partial charge in [0.25, 0.3) is 0 Å². The molecule has 3 heteroatoms. The molecule has 48 valence electrons. The predicted molar refractivity (Wildman–Crippen MR) is 45.3 cm³/mol. The van der Waals surface area contributed by atoms with Crippen LogP contribution in [0.1, 0.15) is 0 Å². The van der Waals surface area contributed by atoms with Crippen LogP contribution in [0.2, 0.25) is 0 Å². The van der Waals surface area contributed by atoms with E-state index in [4.69, 9.17) is 0 Å². The summed E-state index contributed by atoms with van der Waals surface area (Å²) in [5.41, 5.74) is 0. The standard InChI is InChI=1S/C6H8N2S/c1-3-5-8-6(9)7-4-2/h3-5H,1-2H2,(H,7,9)/b8-5-. The maximum Gasteiger partial charge on any atom is 0.184 e. The molecule has 0 aromatic heterocycles. The van der Waals surface area contributed by atoms with Crippen molar-refractivity contribution in [1.29, 1.82) is 0 Å². The number of nitrogens with zero attached hydrogens (tertiary/aromatic N) is 2. The zero-order valence-corrected chi connectivity index (χ0v) is 5.88. The van der Waals surface area contributed by atoms with E-state index in [9.17, 15) is 0 Å². The summed E-state index contributed by atoms with van der Waals surface area (Å²) in [6, 6.07) is 0. The first-order valence-electron chi connectivity index (χ1n) is 2.34. The van der Waals surface area contributed by atoms with Gasteiger partial charge in [0.15, 0.2) is 5.17 Å². The zero-order chi connectivity index (χ0) is 7.11. The molecule has 0 spiro atoms. The molecule has 0 unspecified atom stereocenters. The van der Waals surface area contributed by atoms with Crippen LogP contribution in [0.5, 0.6) is 0 Å². The molecule has 0 aliphatic heterocycles. The van der Waals surface area contributed by atoms with Gasteiger partial charge in [0.2, 0.25) is 0 Å². The van der Waals surface area contributed by atoms with Crippen LogP contribution in [0, 0.1) is 0 Å². The Morgan fingerprint density at radius 3 is 2.56 bits per heavy atom. The van der Waals surface area contributed by atoms with E-state index in [1.54, 1.807) is 6.08 Å². The monoisotopic (exact) mass is 140 g/mol. The molecular weight excluding hydrogens is 132 g/mol. The van der Waals surface area contributed by atoms with Gasteiger partial charge in [0.1, 0.15) is 0 Å². The van der Waals surface area contributed by atoms with Gasteiger partial charge in [0.05, 0.1) is 0 Å². The second kappa shape index (κ2) is 5.31. The predicted octanol–water partition coefficient (Wildman–Crippen LogP) is 1.67. The number of hydrogen-bond donors (Lipinski definition) is 1. The van der Waals surface area contributed by atoms with Crippen LogP contribution in [0.4, 0.5) is 0 Å². The Bertz CT molecular complexity index is 158. The third kappa shape index (κ3) is 5.03. The summed E-state index contributed by atoms with van der Waals surface area (Å²) < 4.78 is 0. The van der Waals surface area contributed by atoms with Crippen molar-refractivity contribution in [2.24, 2.45) is 9.98 Å². The Labute approximate surface area is 60.1 Å². The lowest BCUT2D eigenvalue weighted by atomic mass is 10.7. The van der Waals surface area contributed by atoms with Crippen LogP contribution >= 0.6 is 12.6 Å². The first-order chi connectivity index (χ1) is 4.31. The highest BCUT2D eigenvalue weighted by molar-refractivity contribution is 7.96. The topological polar surface area (TPSA) is 24.7 Å². The van der Waals surface area contributed by atoms with Crippen molar-refractivity contribution in [2.75, 3.05) is 0 Å². The summed E-state index contributed by atoms with van der Waals surface area (Å²) in [5, 5.41) is 0.380. The average Bonchev–Trinajstić information content (AvgIpc) is 1.85. The number of hydrogen-bond acceptors (Lipinski definition) is 1. The van der Waals surface area contributed by atoms with Gasteiger partial charge >= 0.3 is 0 Å². The lowest BCUT2D eigenvalue weighted by Gasteiger charge is -1.81. The molecule has 0 aromatic carbocycles. The minimum Gasteiger partial charge on any atom is -0.232 e. The molecule has 0 saturated carbocycles. The number of thiol groups is 1. The summed E-state index contributed by atoms with van der Waals surface area (Å²) in [5.74, 6) is 0. The van der Waals surface area contributed by atoms with Crippen molar-refractivity contribution >= 4 is 24.0 Å². The van der Waals surface area contributed by atoms with Gasteiger partial charge in [-0.1, -0.05) is 19.2 Å². The maximum atomic E-state index is 3.88. The SMILES string of the molecule is C=C/C=N\C(S)=N/C=C. The summed E-state index contributed by atoms with van der Waals surface area (Å²) >= 11 is 3.88. The fourth-order valence-corrected chi connectivity index (χ4v) is 0.383. The van der Waals surface area contributed by atoms with Crippen LogP contribution in [0.15, 0.2) is 35.4 Å². The highest BCUT2D eigenvalue weighted by Gasteiger charge is 1.76. The molecule has 0 aliphatic carbocycles. The molecule has 0 radical (unpaired) electrons. The van der Waals surface area contributed by atoms with Crippen LogP contribution in [0.25, 0.3) is 0 Å². The lowest BCUT2D eigenvalue weighted by molar-refractivity contribution is 1.56. The highest BCUT2D eigenvalue weighted by Crippen LogP contribution is 1.85. The second-order valence-electron chi connectivity index (χ2n) is 1.13. The molecule has 0 aliphatic rings. The van der Waals surface area contributed by atoms with E-state index in [2.05, 4.69) is 35.8 Å². The summed E-state index contributed by atoms with van der Waals surface area (Å²) in [6.07, 6.45) is 4.44. The number of allylic oxidation sites excluding steroid dienone is 1. The lowest BCUT2D eigenvalue weighted by Crippen LogP contribution is -1.77. The van der Waals surface area contributed by atoms with E-state index < -0.39 is 0 Å². The molecular formula is C6H8N2S. The summed E-state index contributed by atoms with van der Waals surface area (Å²) in [7, 11) is 0. The number of rotatable bonds is 2. The van der Waals surface area contributed by atoms with E-state index in [1.807, 2.05) is 0 Å². The van der Waals surface area contributed by atoms with Gasteiger partial charge in [-0.3, -0.25) is 0 Å². The molecule has 0 atom stereocenters. The van der Waals surface area contributed by atoms with Crippen molar-refractivity contribution in [1.82, 2.24) is 0 Å². The van der Waals surface area contributed by atoms with Crippen LogP contribution in [-0.2, 0) is 0 Å². The fraction of sp³-hybridized carbons (Fsp3) is 0. The maximum absolute atomic E-state index is 3.88. The summed E-state index contributed by atoms with van der Waals surface area (Å²) in [4.78, 5) is 7.39. The zero-order valence-electron chi connectivity index (χ0n) is 4.99. The Kier molecular flexibility index (Phi) is 4.82. The van der Waals surface area contributed by atoms with Crippen molar-refractivity contribution in [2.45, 2.75) is 0 Å². The molecule has 0 bridgehead atoms. The van der Waals surface area contributed by atoms with E-state index in [-0.39, 0.29) is 0 Å². The Hall–Kier alpha value is -0.830. The third-order valence-electron chi connectivity index (χ3n) is 0.502. The molecule has 9 heavy (non-hydrogen) atoms. The Morgan fingerprint density at radius 2 is 2.11 bits per heavy atom. The third-order valence-corrected chi connectivity index (χ3v) is 0.733. The van der Waals surface area contributed by atoms with Crippen molar-refractivity contribution in [3.8, 4) is 0 Å². The molecule has 0 fully saturated rings. The van der Waals surface area contributed by atoms with Crippen LogP contribution < -0.4 is 0 Å². The van der Waals surface area contributed by atoms with E-state index in [0.29, 0.717) is 5.17 Å². The fourth-order valence-electron chi connectivity index (χ4n) is 0.234. The van der Waals surface area contributed by atoms with E-state index >= 15 is 0 Å². The Balaban J connectivity index is 3.88. The van der Waals surface area contributed by atoms with Crippen molar-refractivity contribution in [3.63, 3.8) is 0 Å². The van der Waals surface area contributed by atoms with Crippen molar-refractivity contribution < 1.29 is 0 Å². The molecule has 0 amide bonds. The van der Waals surface area contributed by atoms with Gasteiger partial charge in [-0.15, -0.1) is 12.6 Å². The van der Waals surface area contributed by atoms with Gasteiger partial charge in [-0.2, -0.15) is 0 Å². The molecule has 2 nitrogen and oxygen atoms in total. The quantitative estimate of drug-likeness (QED) is 0.343. The summed E-state index contributed by atoms with van der Waals surface area (Å²) in [6.45, 7) is 6.80. The number of aliphatic imine (C=N–C) groups is 2. The smallest absolute Gasteiger partial charge is 0.184 e. The molecule has 0 rings (SSSR count).